The van der Waals surface area contributed by atoms with Crippen LogP contribution in [0.3, 0.4) is 0 Å². The van der Waals surface area contributed by atoms with E-state index in [0.29, 0.717) is 17.9 Å². The first-order chi connectivity index (χ1) is 8.15. The molecule has 2 rings (SSSR count). The second-order valence-electron chi connectivity index (χ2n) is 5.02. The number of hydrogen-bond donors (Lipinski definition) is 1. The van der Waals surface area contributed by atoms with Crippen LogP contribution in [0.5, 0.6) is 0 Å². The molecule has 3 unspecified atom stereocenters. The van der Waals surface area contributed by atoms with E-state index in [4.69, 9.17) is 16.0 Å². The Bertz CT molecular complexity index is 353. The molecule has 1 aliphatic rings. The monoisotopic (exact) mass is 257 g/mol. The average Bonchev–Trinajstić information content (AvgIpc) is 2.65. The van der Waals surface area contributed by atoms with E-state index in [1.807, 2.05) is 6.92 Å². The van der Waals surface area contributed by atoms with Crippen molar-refractivity contribution in [3.63, 3.8) is 0 Å². The summed E-state index contributed by atoms with van der Waals surface area (Å²) in [6, 6.07) is 0.964. The molecular formula is C12H20ClN3O. The van der Waals surface area contributed by atoms with E-state index in [9.17, 15) is 0 Å². The van der Waals surface area contributed by atoms with Gasteiger partial charge in [-0.2, -0.15) is 0 Å². The van der Waals surface area contributed by atoms with Crippen LogP contribution in [-0.4, -0.2) is 16.2 Å². The molecule has 3 atom stereocenters. The summed E-state index contributed by atoms with van der Waals surface area (Å²) in [6.07, 6.45) is 6.22. The molecule has 0 aromatic carbocycles. The standard InChI is InChI=1S/C12H20ClN3O/c1-8-4-3-5-10(7-6-8)14-12-16-15-11(17-12)9(2)13/h8-10H,3-7H2,1-2H3,(H,14,16). The van der Waals surface area contributed by atoms with E-state index in [2.05, 4.69) is 22.4 Å². The molecule has 17 heavy (non-hydrogen) atoms. The highest BCUT2D eigenvalue weighted by atomic mass is 35.5. The van der Waals surface area contributed by atoms with E-state index in [-0.39, 0.29) is 5.38 Å². The summed E-state index contributed by atoms with van der Waals surface area (Å²) in [5.74, 6) is 1.32. The van der Waals surface area contributed by atoms with Gasteiger partial charge in [0, 0.05) is 6.04 Å². The predicted octanol–water partition coefficient (Wildman–Crippen LogP) is 3.75. The van der Waals surface area contributed by atoms with Crippen molar-refractivity contribution in [2.75, 3.05) is 5.32 Å². The number of alkyl halides is 1. The minimum atomic E-state index is -0.229. The van der Waals surface area contributed by atoms with Gasteiger partial charge in [-0.05, 0) is 32.1 Å². The minimum absolute atomic E-state index is 0.229. The van der Waals surface area contributed by atoms with Gasteiger partial charge in [0.15, 0.2) is 0 Å². The van der Waals surface area contributed by atoms with E-state index in [0.717, 1.165) is 5.92 Å². The summed E-state index contributed by atoms with van der Waals surface area (Å²) in [5.41, 5.74) is 0. The molecule has 0 amide bonds. The van der Waals surface area contributed by atoms with E-state index >= 15 is 0 Å². The fourth-order valence-corrected chi connectivity index (χ4v) is 2.35. The normalized spacial score (nSPS) is 27.5. The molecule has 0 spiro atoms. The molecule has 4 nitrogen and oxygen atoms in total. The lowest BCUT2D eigenvalue weighted by Gasteiger charge is -2.13. The summed E-state index contributed by atoms with van der Waals surface area (Å²) < 4.78 is 5.45. The smallest absolute Gasteiger partial charge is 0.315 e. The summed E-state index contributed by atoms with van der Waals surface area (Å²) in [4.78, 5) is 0. The van der Waals surface area contributed by atoms with Crippen LogP contribution >= 0.6 is 11.6 Å². The summed E-state index contributed by atoms with van der Waals surface area (Å²) in [6.45, 7) is 4.15. The average molecular weight is 258 g/mol. The zero-order chi connectivity index (χ0) is 12.3. The van der Waals surface area contributed by atoms with Crippen molar-refractivity contribution >= 4 is 17.6 Å². The fraction of sp³-hybridized carbons (Fsp3) is 0.833. The molecule has 1 aromatic heterocycles. The highest BCUT2D eigenvalue weighted by molar-refractivity contribution is 6.20. The Morgan fingerprint density at radius 3 is 2.82 bits per heavy atom. The number of hydrogen-bond acceptors (Lipinski definition) is 4. The molecule has 1 saturated carbocycles. The zero-order valence-corrected chi connectivity index (χ0v) is 11.2. The topological polar surface area (TPSA) is 51.0 Å². The summed E-state index contributed by atoms with van der Waals surface area (Å²) in [7, 11) is 0. The van der Waals surface area contributed by atoms with Gasteiger partial charge in [-0.3, -0.25) is 0 Å². The Hall–Kier alpha value is -0.770. The van der Waals surface area contributed by atoms with Crippen LogP contribution in [0.25, 0.3) is 0 Å². The molecule has 5 heteroatoms. The molecule has 1 heterocycles. The maximum atomic E-state index is 5.88. The Labute approximate surface area is 107 Å². The SMILES string of the molecule is CC1CCCC(Nc2nnc(C(C)Cl)o2)CC1. The van der Waals surface area contributed by atoms with Crippen LogP contribution in [0.2, 0.25) is 0 Å². The van der Waals surface area contributed by atoms with Crippen molar-refractivity contribution in [3.05, 3.63) is 5.89 Å². The van der Waals surface area contributed by atoms with Crippen molar-refractivity contribution in [1.82, 2.24) is 10.2 Å². The number of aromatic nitrogens is 2. The van der Waals surface area contributed by atoms with Crippen molar-refractivity contribution < 1.29 is 4.42 Å². The largest absolute Gasteiger partial charge is 0.406 e. The van der Waals surface area contributed by atoms with Crippen LogP contribution in [0.1, 0.15) is 57.2 Å². The molecule has 1 aromatic rings. The molecular weight excluding hydrogens is 238 g/mol. The van der Waals surface area contributed by atoms with Crippen molar-refractivity contribution in [3.8, 4) is 0 Å². The molecule has 0 aliphatic heterocycles. The fourth-order valence-electron chi connectivity index (χ4n) is 2.26. The van der Waals surface area contributed by atoms with E-state index in [1.54, 1.807) is 0 Å². The first-order valence-corrected chi connectivity index (χ1v) is 6.83. The Morgan fingerprint density at radius 1 is 1.29 bits per heavy atom. The van der Waals surface area contributed by atoms with Crippen molar-refractivity contribution in [2.45, 2.75) is 57.4 Å². The molecule has 96 valence electrons. The number of nitrogens with zero attached hydrogens (tertiary/aromatic N) is 2. The first-order valence-electron chi connectivity index (χ1n) is 6.39. The van der Waals surface area contributed by atoms with Crippen LogP contribution in [0.4, 0.5) is 6.01 Å². The van der Waals surface area contributed by atoms with Gasteiger partial charge in [0.2, 0.25) is 5.89 Å². The maximum absolute atomic E-state index is 5.88. The van der Waals surface area contributed by atoms with Crippen LogP contribution < -0.4 is 5.32 Å². The summed E-state index contributed by atoms with van der Waals surface area (Å²) in [5, 5.41) is 11.0. The Kier molecular flexibility index (Phi) is 4.26. The Morgan fingerprint density at radius 2 is 2.12 bits per heavy atom. The third-order valence-electron chi connectivity index (χ3n) is 3.37. The third-order valence-corrected chi connectivity index (χ3v) is 3.55. The first kappa shape index (κ1) is 12.7. The predicted molar refractivity (Wildman–Crippen MR) is 68.2 cm³/mol. The molecule has 0 radical (unpaired) electrons. The maximum Gasteiger partial charge on any atom is 0.315 e. The third kappa shape index (κ3) is 3.60. The molecule has 1 aliphatic carbocycles. The van der Waals surface area contributed by atoms with Gasteiger partial charge in [0.05, 0.1) is 0 Å². The van der Waals surface area contributed by atoms with Gasteiger partial charge in [-0.15, -0.1) is 16.7 Å². The van der Waals surface area contributed by atoms with Gasteiger partial charge < -0.3 is 9.73 Å². The molecule has 0 saturated heterocycles. The van der Waals surface area contributed by atoms with Crippen LogP contribution in [0.15, 0.2) is 4.42 Å². The quantitative estimate of drug-likeness (QED) is 0.662. The van der Waals surface area contributed by atoms with Crippen molar-refractivity contribution in [2.24, 2.45) is 5.92 Å². The lowest BCUT2D eigenvalue weighted by molar-refractivity contribution is 0.485. The second kappa shape index (κ2) is 5.71. The van der Waals surface area contributed by atoms with Crippen LogP contribution in [-0.2, 0) is 0 Å². The number of anilines is 1. The van der Waals surface area contributed by atoms with E-state index in [1.165, 1.54) is 32.1 Å². The highest BCUT2D eigenvalue weighted by Gasteiger charge is 2.18. The molecule has 1 N–H and O–H groups in total. The van der Waals surface area contributed by atoms with Gasteiger partial charge in [-0.25, -0.2) is 0 Å². The van der Waals surface area contributed by atoms with Crippen molar-refractivity contribution in [1.29, 1.82) is 0 Å². The molecule has 0 bridgehead atoms. The van der Waals surface area contributed by atoms with Gasteiger partial charge in [0.1, 0.15) is 5.38 Å². The Balaban J connectivity index is 1.90. The number of rotatable bonds is 3. The van der Waals surface area contributed by atoms with E-state index < -0.39 is 0 Å². The van der Waals surface area contributed by atoms with Gasteiger partial charge >= 0.3 is 6.01 Å². The van der Waals surface area contributed by atoms with Gasteiger partial charge in [0.25, 0.3) is 0 Å². The number of nitrogens with one attached hydrogen (secondary N) is 1. The molecule has 1 fully saturated rings. The minimum Gasteiger partial charge on any atom is -0.406 e. The lowest BCUT2D eigenvalue weighted by atomic mass is 10.0. The van der Waals surface area contributed by atoms with Gasteiger partial charge in [-0.1, -0.05) is 24.9 Å². The highest BCUT2D eigenvalue weighted by Crippen LogP contribution is 2.25. The second-order valence-corrected chi connectivity index (χ2v) is 5.67. The number of halogens is 1. The zero-order valence-electron chi connectivity index (χ0n) is 10.4. The lowest BCUT2D eigenvalue weighted by Crippen LogP contribution is -2.18. The van der Waals surface area contributed by atoms with Crippen LogP contribution in [0, 0.1) is 5.92 Å². The summed E-state index contributed by atoms with van der Waals surface area (Å²) >= 11 is 5.88.